The van der Waals surface area contributed by atoms with Gasteiger partial charge in [0.25, 0.3) is 11.5 Å². The van der Waals surface area contributed by atoms with Crippen LogP contribution in [0.15, 0.2) is 56.5 Å². The summed E-state index contributed by atoms with van der Waals surface area (Å²) in [5, 5.41) is 0. The van der Waals surface area contributed by atoms with Crippen LogP contribution in [-0.2, 0) is 11.3 Å². The molecule has 0 atom stereocenters. The molecule has 3 N–H and O–H groups in total. The van der Waals surface area contributed by atoms with Crippen molar-refractivity contribution in [3.05, 3.63) is 80.4 Å². The monoisotopic (exact) mass is 398 g/mol. The maximum atomic E-state index is 13.0. The van der Waals surface area contributed by atoms with Gasteiger partial charge in [-0.15, -0.1) is 0 Å². The van der Waals surface area contributed by atoms with Gasteiger partial charge in [0.2, 0.25) is 0 Å². The Bertz CT molecular complexity index is 1110. The zero-order valence-electron chi connectivity index (χ0n) is 16.2. The van der Waals surface area contributed by atoms with Gasteiger partial charge in [0.15, 0.2) is 11.4 Å². The molecule has 0 aliphatic rings. The summed E-state index contributed by atoms with van der Waals surface area (Å²) in [6.45, 7) is 2.05. The molecule has 1 amide bonds. The third-order valence-electron chi connectivity index (χ3n) is 4.38. The van der Waals surface area contributed by atoms with E-state index in [-0.39, 0.29) is 37.0 Å². The van der Waals surface area contributed by atoms with Crippen molar-refractivity contribution in [3.8, 4) is 0 Å². The Morgan fingerprint density at radius 3 is 2.55 bits per heavy atom. The quantitative estimate of drug-likeness (QED) is 0.619. The second-order valence-electron chi connectivity index (χ2n) is 6.42. The average molecular weight is 398 g/mol. The molecule has 2 aromatic heterocycles. The molecule has 9 nitrogen and oxygen atoms in total. The number of H-pyrrole nitrogens is 1. The van der Waals surface area contributed by atoms with Crippen LogP contribution >= 0.6 is 0 Å². The van der Waals surface area contributed by atoms with Gasteiger partial charge < -0.3 is 14.9 Å². The second kappa shape index (κ2) is 8.61. The third kappa shape index (κ3) is 4.30. The highest BCUT2D eigenvalue weighted by Gasteiger charge is 2.27. The molecule has 0 spiro atoms. The highest BCUT2D eigenvalue weighted by molar-refractivity contribution is 6.05. The van der Waals surface area contributed by atoms with Crippen LogP contribution in [0.3, 0.4) is 0 Å². The molecule has 0 saturated carbocycles. The topological polar surface area (TPSA) is 124 Å². The normalized spacial score (nSPS) is 10.8. The maximum Gasteiger partial charge on any atom is 0.330 e. The summed E-state index contributed by atoms with van der Waals surface area (Å²) in [4.78, 5) is 41.4. The SMILES string of the molecule is COCCN(C(=O)c1ccc(C)o1)c1c(N)n(Cc2ccccc2)c(=O)[nH]c1=O. The number of furan rings is 1. The number of nitrogens with zero attached hydrogens (tertiary/aromatic N) is 2. The number of hydrogen-bond donors (Lipinski definition) is 2. The summed E-state index contributed by atoms with van der Waals surface area (Å²) in [6, 6.07) is 12.3. The molecule has 3 aromatic rings. The Kier molecular flexibility index (Phi) is 5.99. The largest absolute Gasteiger partial charge is 0.456 e. The number of nitrogens with two attached hydrogens (primary N) is 1. The summed E-state index contributed by atoms with van der Waals surface area (Å²) >= 11 is 0. The molecule has 0 saturated heterocycles. The summed E-state index contributed by atoms with van der Waals surface area (Å²) < 4.78 is 11.7. The number of anilines is 2. The summed E-state index contributed by atoms with van der Waals surface area (Å²) in [6.07, 6.45) is 0. The molecule has 0 aliphatic heterocycles. The summed E-state index contributed by atoms with van der Waals surface area (Å²) in [5.74, 6) is -0.0678. The van der Waals surface area contributed by atoms with E-state index in [1.165, 1.54) is 17.7 Å². The number of carbonyl (C=O) groups excluding carboxylic acids is 1. The number of aryl methyl sites for hydroxylation is 1. The van der Waals surface area contributed by atoms with E-state index in [0.717, 1.165) is 10.5 Å². The number of benzene rings is 1. The van der Waals surface area contributed by atoms with Gasteiger partial charge in [-0.3, -0.25) is 24.0 Å². The lowest BCUT2D eigenvalue weighted by Crippen LogP contribution is -2.42. The van der Waals surface area contributed by atoms with Crippen molar-refractivity contribution in [1.82, 2.24) is 9.55 Å². The molecule has 1 aromatic carbocycles. The molecule has 2 heterocycles. The number of nitrogen functional groups attached to an aromatic ring is 1. The number of rotatable bonds is 7. The van der Waals surface area contributed by atoms with E-state index in [4.69, 9.17) is 14.9 Å². The van der Waals surface area contributed by atoms with Crippen LogP contribution in [0.2, 0.25) is 0 Å². The van der Waals surface area contributed by atoms with Crippen molar-refractivity contribution in [2.45, 2.75) is 13.5 Å². The summed E-state index contributed by atoms with van der Waals surface area (Å²) in [7, 11) is 1.48. The predicted molar refractivity (Wildman–Crippen MR) is 108 cm³/mol. The van der Waals surface area contributed by atoms with E-state index < -0.39 is 17.2 Å². The van der Waals surface area contributed by atoms with Crippen LogP contribution in [0.5, 0.6) is 0 Å². The van der Waals surface area contributed by atoms with Crippen LogP contribution in [0, 0.1) is 6.92 Å². The molecule has 0 unspecified atom stereocenters. The van der Waals surface area contributed by atoms with E-state index in [1.54, 1.807) is 13.0 Å². The number of carbonyl (C=O) groups is 1. The molecule has 0 radical (unpaired) electrons. The number of amides is 1. The Morgan fingerprint density at radius 2 is 1.93 bits per heavy atom. The number of aromatic amines is 1. The first-order valence-corrected chi connectivity index (χ1v) is 8.96. The van der Waals surface area contributed by atoms with Gasteiger partial charge in [-0.1, -0.05) is 30.3 Å². The first kappa shape index (κ1) is 20.2. The van der Waals surface area contributed by atoms with E-state index in [2.05, 4.69) is 4.98 Å². The number of ether oxygens (including phenoxy) is 1. The van der Waals surface area contributed by atoms with Crippen LogP contribution in [-0.4, -0.2) is 35.7 Å². The fourth-order valence-corrected chi connectivity index (χ4v) is 2.94. The Hall–Kier alpha value is -3.59. The van der Waals surface area contributed by atoms with Crippen molar-refractivity contribution in [2.24, 2.45) is 0 Å². The third-order valence-corrected chi connectivity index (χ3v) is 4.38. The van der Waals surface area contributed by atoms with Gasteiger partial charge in [-0.05, 0) is 24.6 Å². The van der Waals surface area contributed by atoms with Crippen LogP contribution in [0.1, 0.15) is 21.9 Å². The molecule has 9 heteroatoms. The Labute approximate surface area is 166 Å². The first-order valence-electron chi connectivity index (χ1n) is 8.96. The standard InChI is InChI=1S/C20H22N4O5/c1-13-8-9-15(29-13)19(26)23(10-11-28-2)16-17(21)24(20(27)22-18(16)25)12-14-6-4-3-5-7-14/h3-9H,10-12,21H2,1-2H3,(H,22,25,27). The van der Waals surface area contributed by atoms with Gasteiger partial charge in [0, 0.05) is 7.11 Å². The summed E-state index contributed by atoms with van der Waals surface area (Å²) in [5.41, 5.74) is 5.47. The highest BCUT2D eigenvalue weighted by atomic mass is 16.5. The molecule has 0 bridgehead atoms. The fraction of sp³-hybridized carbons (Fsp3) is 0.250. The van der Waals surface area contributed by atoms with Crippen molar-refractivity contribution < 1.29 is 13.9 Å². The maximum absolute atomic E-state index is 13.0. The molecule has 152 valence electrons. The van der Waals surface area contributed by atoms with Gasteiger partial charge in [-0.25, -0.2) is 4.79 Å². The number of nitrogens with one attached hydrogen (secondary N) is 1. The molecule has 29 heavy (non-hydrogen) atoms. The fourth-order valence-electron chi connectivity index (χ4n) is 2.94. The average Bonchev–Trinajstić information content (AvgIpc) is 3.14. The van der Waals surface area contributed by atoms with Crippen LogP contribution < -0.4 is 21.9 Å². The van der Waals surface area contributed by atoms with Gasteiger partial charge >= 0.3 is 5.69 Å². The minimum atomic E-state index is -0.760. The molecule has 0 fully saturated rings. The van der Waals surface area contributed by atoms with Crippen molar-refractivity contribution in [3.63, 3.8) is 0 Å². The zero-order valence-corrected chi connectivity index (χ0v) is 16.2. The molecule has 3 rings (SSSR count). The highest BCUT2D eigenvalue weighted by Crippen LogP contribution is 2.21. The number of methoxy groups -OCH3 is 1. The van der Waals surface area contributed by atoms with E-state index in [1.807, 2.05) is 30.3 Å². The van der Waals surface area contributed by atoms with E-state index in [9.17, 15) is 14.4 Å². The van der Waals surface area contributed by atoms with E-state index in [0.29, 0.717) is 5.76 Å². The number of aromatic nitrogens is 2. The lowest BCUT2D eigenvalue weighted by Gasteiger charge is -2.23. The minimum Gasteiger partial charge on any atom is -0.456 e. The van der Waals surface area contributed by atoms with Gasteiger partial charge in [-0.2, -0.15) is 0 Å². The van der Waals surface area contributed by atoms with E-state index >= 15 is 0 Å². The molecular formula is C20H22N4O5. The minimum absolute atomic E-state index is 0.0475. The van der Waals surface area contributed by atoms with Crippen molar-refractivity contribution >= 4 is 17.4 Å². The second-order valence-corrected chi connectivity index (χ2v) is 6.42. The molecular weight excluding hydrogens is 376 g/mol. The molecule has 0 aliphatic carbocycles. The van der Waals surface area contributed by atoms with Gasteiger partial charge in [0.1, 0.15) is 11.6 Å². The lowest BCUT2D eigenvalue weighted by atomic mass is 10.2. The number of hydrogen-bond acceptors (Lipinski definition) is 6. The Morgan fingerprint density at radius 1 is 1.21 bits per heavy atom. The van der Waals surface area contributed by atoms with Gasteiger partial charge in [0.05, 0.1) is 19.7 Å². The van der Waals surface area contributed by atoms with Crippen molar-refractivity contribution in [2.75, 3.05) is 30.9 Å². The van der Waals surface area contributed by atoms with Crippen LogP contribution in [0.4, 0.5) is 11.5 Å². The zero-order chi connectivity index (χ0) is 21.0. The first-order chi connectivity index (χ1) is 13.9. The smallest absolute Gasteiger partial charge is 0.330 e. The Balaban J connectivity index is 2.09. The van der Waals surface area contributed by atoms with Crippen molar-refractivity contribution in [1.29, 1.82) is 0 Å². The lowest BCUT2D eigenvalue weighted by molar-refractivity contribution is 0.0947. The van der Waals surface area contributed by atoms with Crippen LogP contribution in [0.25, 0.3) is 0 Å². The predicted octanol–water partition coefficient (Wildman–Crippen LogP) is 1.36.